The fourth-order valence-corrected chi connectivity index (χ4v) is 4.87. The quantitative estimate of drug-likeness (QED) is 0.224. The van der Waals surface area contributed by atoms with E-state index in [9.17, 15) is 14.4 Å². The van der Waals surface area contributed by atoms with E-state index in [0.717, 1.165) is 32.7 Å². The predicted molar refractivity (Wildman–Crippen MR) is 151 cm³/mol. The first-order chi connectivity index (χ1) is 18.2. The minimum Gasteiger partial charge on any atom is -0.338 e. The average molecular weight is 511 g/mol. The number of hydrogen-bond acceptors (Lipinski definition) is 4. The van der Waals surface area contributed by atoms with Crippen LogP contribution in [0.2, 0.25) is 0 Å². The van der Waals surface area contributed by atoms with Gasteiger partial charge in [-0.05, 0) is 46.5 Å². The van der Waals surface area contributed by atoms with Crippen LogP contribution in [0.3, 0.4) is 0 Å². The molecule has 7 heteroatoms. The van der Waals surface area contributed by atoms with Crippen LogP contribution < -0.4 is 16.4 Å². The highest BCUT2D eigenvalue weighted by molar-refractivity contribution is 5.93. The van der Waals surface area contributed by atoms with Crippen molar-refractivity contribution in [3.63, 3.8) is 0 Å². The maximum atomic E-state index is 13.8. The molecule has 0 bridgehead atoms. The first-order valence-electron chi connectivity index (χ1n) is 12.7. The molecular weight excluding hydrogens is 476 g/mol. The lowest BCUT2D eigenvalue weighted by Gasteiger charge is -2.33. The number of rotatable bonds is 10. The van der Waals surface area contributed by atoms with Crippen LogP contribution >= 0.6 is 0 Å². The molecular formula is C31H34N4O3. The van der Waals surface area contributed by atoms with Gasteiger partial charge in [0.15, 0.2) is 0 Å². The second-order valence-corrected chi connectivity index (χ2v) is 10.2. The van der Waals surface area contributed by atoms with E-state index >= 15 is 0 Å². The van der Waals surface area contributed by atoms with Crippen LogP contribution in [0.15, 0.2) is 84.9 Å². The normalized spacial score (nSPS) is 13.1. The summed E-state index contributed by atoms with van der Waals surface area (Å²) >= 11 is 0. The van der Waals surface area contributed by atoms with Crippen molar-refractivity contribution in [1.82, 2.24) is 15.5 Å². The summed E-state index contributed by atoms with van der Waals surface area (Å²) in [7, 11) is 1.60. The summed E-state index contributed by atoms with van der Waals surface area (Å²) in [5.41, 5.74) is 6.89. The minimum atomic E-state index is -1.16. The lowest BCUT2D eigenvalue weighted by Crippen LogP contribution is -2.59. The topological polar surface area (TPSA) is 105 Å². The maximum Gasteiger partial charge on any atom is 0.244 e. The molecule has 38 heavy (non-hydrogen) atoms. The number of carbonyl (C=O) groups excluding carboxylic acids is 3. The Labute approximate surface area is 223 Å². The van der Waals surface area contributed by atoms with E-state index in [4.69, 9.17) is 5.73 Å². The number of nitrogens with two attached hydrogens (primary N) is 1. The van der Waals surface area contributed by atoms with Crippen LogP contribution in [0.4, 0.5) is 0 Å². The molecule has 0 aliphatic rings. The molecule has 0 saturated heterocycles. The number of nitrogens with zero attached hydrogens (tertiary/aromatic N) is 1. The van der Waals surface area contributed by atoms with Gasteiger partial charge in [-0.2, -0.15) is 0 Å². The van der Waals surface area contributed by atoms with Crippen LogP contribution in [-0.4, -0.2) is 47.9 Å². The van der Waals surface area contributed by atoms with Crippen LogP contribution in [0.5, 0.6) is 0 Å². The molecule has 4 rings (SSSR count). The highest BCUT2D eigenvalue weighted by atomic mass is 16.2. The Bertz CT molecular complexity index is 1450. The Balaban J connectivity index is 1.64. The molecule has 7 nitrogen and oxygen atoms in total. The molecule has 0 spiro atoms. The zero-order valence-corrected chi connectivity index (χ0v) is 22.0. The summed E-state index contributed by atoms with van der Waals surface area (Å²) in [6, 6.07) is 26.9. The zero-order valence-electron chi connectivity index (χ0n) is 22.0. The van der Waals surface area contributed by atoms with Crippen molar-refractivity contribution < 1.29 is 14.4 Å². The second kappa shape index (κ2) is 11.4. The maximum absolute atomic E-state index is 13.8. The van der Waals surface area contributed by atoms with Gasteiger partial charge in [0.25, 0.3) is 0 Å². The Morgan fingerprint density at radius 3 is 1.87 bits per heavy atom. The van der Waals surface area contributed by atoms with Crippen molar-refractivity contribution >= 4 is 39.8 Å². The summed E-state index contributed by atoms with van der Waals surface area (Å²) in [6.45, 7) is 3.24. The molecule has 4 N–H and O–H groups in total. The Morgan fingerprint density at radius 1 is 0.842 bits per heavy atom. The lowest BCUT2D eigenvalue weighted by molar-refractivity contribution is -0.142. The zero-order chi connectivity index (χ0) is 27.3. The number of nitrogens with one attached hydrogen (secondary N) is 2. The SMILES string of the molecule is CN(C(=O)C(C)(C)N)[C@H](Cc1cccc2ccccc12)C(=O)N[C@H](Cc1cccc2ccccc12)NC=O. The smallest absolute Gasteiger partial charge is 0.244 e. The lowest BCUT2D eigenvalue weighted by atomic mass is 9.96. The first kappa shape index (κ1) is 26.8. The van der Waals surface area contributed by atoms with Crippen molar-refractivity contribution in [1.29, 1.82) is 0 Å². The van der Waals surface area contributed by atoms with E-state index in [1.165, 1.54) is 4.90 Å². The molecule has 3 amide bonds. The number of benzene rings is 4. The van der Waals surface area contributed by atoms with Crippen molar-refractivity contribution in [2.24, 2.45) is 5.73 Å². The van der Waals surface area contributed by atoms with Crippen molar-refractivity contribution in [2.45, 2.75) is 44.4 Å². The summed E-state index contributed by atoms with van der Waals surface area (Å²) in [5, 5.41) is 9.89. The summed E-state index contributed by atoms with van der Waals surface area (Å²) < 4.78 is 0. The number of carbonyl (C=O) groups is 3. The van der Waals surface area contributed by atoms with E-state index in [-0.39, 0.29) is 18.2 Å². The Morgan fingerprint density at radius 2 is 1.34 bits per heavy atom. The van der Waals surface area contributed by atoms with Crippen LogP contribution in [0.25, 0.3) is 21.5 Å². The number of hydrogen-bond donors (Lipinski definition) is 3. The van der Waals surface area contributed by atoms with Gasteiger partial charge in [-0.3, -0.25) is 14.4 Å². The molecule has 0 radical (unpaired) electrons. The third-order valence-electron chi connectivity index (χ3n) is 6.82. The van der Waals surface area contributed by atoms with E-state index in [1.54, 1.807) is 20.9 Å². The fraction of sp³-hybridized carbons (Fsp3) is 0.258. The minimum absolute atomic E-state index is 0.285. The molecule has 4 aromatic rings. The predicted octanol–water partition coefficient (Wildman–Crippen LogP) is 3.53. The molecule has 0 aliphatic heterocycles. The van der Waals surface area contributed by atoms with Gasteiger partial charge in [0, 0.05) is 19.9 Å². The van der Waals surface area contributed by atoms with Gasteiger partial charge in [-0.1, -0.05) is 84.9 Å². The Hall–Kier alpha value is -4.23. The van der Waals surface area contributed by atoms with E-state index < -0.39 is 17.7 Å². The van der Waals surface area contributed by atoms with Gasteiger partial charge in [0.2, 0.25) is 18.2 Å². The molecule has 2 atom stereocenters. The molecule has 0 unspecified atom stereocenters. The van der Waals surface area contributed by atoms with Gasteiger partial charge in [-0.25, -0.2) is 0 Å². The molecule has 0 aromatic heterocycles. The standard InChI is InChI=1S/C31H34N4O3/c1-31(2,32)30(38)35(3)27(18-23-14-8-12-21-10-4-6-16-25(21)23)29(37)34-28(33-20-36)19-24-15-9-13-22-11-5-7-17-26(22)24/h4-17,20,27-28H,18-19,32H2,1-3H3,(H,33,36)(H,34,37)/t27-,28-/m1/s1. The van der Waals surface area contributed by atoms with Crippen LogP contribution in [0.1, 0.15) is 25.0 Å². The molecule has 0 aliphatic carbocycles. The number of fused-ring (bicyclic) bond motifs is 2. The number of amides is 3. The van der Waals surface area contributed by atoms with Crippen LogP contribution in [-0.2, 0) is 27.2 Å². The summed E-state index contributed by atoms with van der Waals surface area (Å²) in [5.74, 6) is -0.732. The molecule has 0 fully saturated rings. The largest absolute Gasteiger partial charge is 0.338 e. The van der Waals surface area contributed by atoms with Crippen molar-refractivity contribution in [3.8, 4) is 0 Å². The molecule has 196 valence electrons. The van der Waals surface area contributed by atoms with Crippen molar-refractivity contribution in [2.75, 3.05) is 7.05 Å². The summed E-state index contributed by atoms with van der Waals surface area (Å²) in [4.78, 5) is 39.9. The van der Waals surface area contributed by atoms with E-state index in [1.807, 2.05) is 84.9 Å². The third-order valence-corrected chi connectivity index (χ3v) is 6.82. The average Bonchev–Trinajstić information content (AvgIpc) is 2.90. The van der Waals surface area contributed by atoms with E-state index in [2.05, 4.69) is 10.6 Å². The van der Waals surface area contributed by atoms with Gasteiger partial charge >= 0.3 is 0 Å². The summed E-state index contributed by atoms with van der Waals surface area (Å²) in [6.07, 6.45) is 0.573. The van der Waals surface area contributed by atoms with Gasteiger partial charge in [0.1, 0.15) is 12.2 Å². The highest BCUT2D eigenvalue weighted by Crippen LogP contribution is 2.23. The second-order valence-electron chi connectivity index (χ2n) is 10.2. The molecule has 0 saturated carbocycles. The van der Waals surface area contributed by atoms with Crippen molar-refractivity contribution in [3.05, 3.63) is 96.1 Å². The first-order valence-corrected chi connectivity index (χ1v) is 12.7. The van der Waals surface area contributed by atoms with Gasteiger partial charge in [0.05, 0.1) is 5.54 Å². The molecule has 4 aromatic carbocycles. The third kappa shape index (κ3) is 6.01. The number of likely N-dealkylation sites (N-methyl/N-ethyl adjacent to an activating group) is 1. The molecule has 0 heterocycles. The van der Waals surface area contributed by atoms with Gasteiger partial charge < -0.3 is 21.3 Å². The van der Waals surface area contributed by atoms with Gasteiger partial charge in [-0.15, -0.1) is 0 Å². The fourth-order valence-electron chi connectivity index (χ4n) is 4.87. The van der Waals surface area contributed by atoms with E-state index in [0.29, 0.717) is 12.8 Å². The Kier molecular flexibility index (Phi) is 8.08. The monoisotopic (exact) mass is 510 g/mol. The van der Waals surface area contributed by atoms with Crippen LogP contribution in [0, 0.1) is 0 Å². The highest BCUT2D eigenvalue weighted by Gasteiger charge is 2.34.